The maximum absolute atomic E-state index is 2.49. The second-order valence-electron chi connectivity index (χ2n) is 13.0. The molecule has 1 heterocycles. The van der Waals surface area contributed by atoms with Crippen LogP contribution in [0.25, 0.3) is 49.7 Å². The second-order valence-corrected chi connectivity index (χ2v) is 13.0. The highest BCUT2D eigenvalue weighted by atomic mass is 15.1. The van der Waals surface area contributed by atoms with E-state index < -0.39 is 0 Å². The summed E-state index contributed by atoms with van der Waals surface area (Å²) in [5.41, 5.74) is 14.7. The van der Waals surface area contributed by atoms with E-state index in [1.54, 1.807) is 0 Å². The van der Waals surface area contributed by atoms with Crippen LogP contribution in [-0.4, -0.2) is 4.57 Å². The van der Waals surface area contributed by atoms with Gasteiger partial charge in [0.2, 0.25) is 0 Å². The van der Waals surface area contributed by atoms with E-state index in [2.05, 4.69) is 193 Å². The molecule has 0 radical (unpaired) electrons. The lowest BCUT2D eigenvalue weighted by atomic mass is 9.82. The van der Waals surface area contributed by atoms with Crippen molar-refractivity contribution in [3.05, 3.63) is 181 Å². The van der Waals surface area contributed by atoms with Gasteiger partial charge in [-0.25, -0.2) is 0 Å². The Morgan fingerprint density at radius 2 is 1.09 bits per heavy atom. The van der Waals surface area contributed by atoms with Gasteiger partial charge in [0, 0.05) is 38.7 Å². The average molecular weight is 603 g/mol. The summed E-state index contributed by atoms with van der Waals surface area (Å²) in [6, 6.07) is 61.8. The number of hydrogen-bond donors (Lipinski definition) is 0. The van der Waals surface area contributed by atoms with Crippen LogP contribution in [0.4, 0.5) is 17.1 Å². The average Bonchev–Trinajstić information content (AvgIpc) is 3.58. The number of benzene rings is 7. The first-order valence-electron chi connectivity index (χ1n) is 16.4. The third kappa shape index (κ3) is 4.18. The molecule has 0 amide bonds. The van der Waals surface area contributed by atoms with Gasteiger partial charge in [-0.05, 0) is 70.8 Å². The predicted molar refractivity (Wildman–Crippen MR) is 198 cm³/mol. The van der Waals surface area contributed by atoms with Crippen molar-refractivity contribution in [1.82, 2.24) is 4.57 Å². The van der Waals surface area contributed by atoms with Crippen molar-refractivity contribution in [2.45, 2.75) is 19.3 Å². The number of fused-ring (bicyclic) bond motifs is 6. The summed E-state index contributed by atoms with van der Waals surface area (Å²) in [6.07, 6.45) is 0. The molecular weight excluding hydrogens is 569 g/mol. The van der Waals surface area contributed by atoms with Crippen molar-refractivity contribution in [1.29, 1.82) is 0 Å². The second kappa shape index (κ2) is 10.6. The Kier molecular flexibility index (Phi) is 6.20. The van der Waals surface area contributed by atoms with Crippen LogP contribution in [0.3, 0.4) is 0 Å². The van der Waals surface area contributed by atoms with Gasteiger partial charge in [-0.15, -0.1) is 0 Å². The van der Waals surface area contributed by atoms with Crippen LogP contribution in [0.2, 0.25) is 0 Å². The van der Waals surface area contributed by atoms with Crippen molar-refractivity contribution >= 4 is 38.9 Å². The van der Waals surface area contributed by atoms with Crippen LogP contribution in [0.15, 0.2) is 170 Å². The maximum Gasteiger partial charge on any atom is 0.0543 e. The first-order valence-corrected chi connectivity index (χ1v) is 16.4. The summed E-state index contributed by atoms with van der Waals surface area (Å²) in [5.74, 6) is 0. The Morgan fingerprint density at radius 1 is 0.468 bits per heavy atom. The van der Waals surface area contributed by atoms with Crippen molar-refractivity contribution in [2.75, 3.05) is 4.90 Å². The van der Waals surface area contributed by atoms with Gasteiger partial charge in [0.15, 0.2) is 0 Å². The zero-order valence-electron chi connectivity index (χ0n) is 26.6. The molecule has 0 saturated carbocycles. The fourth-order valence-electron chi connectivity index (χ4n) is 7.82. The minimum Gasteiger partial charge on any atom is -0.309 e. The van der Waals surface area contributed by atoms with Gasteiger partial charge < -0.3 is 9.47 Å². The largest absolute Gasteiger partial charge is 0.309 e. The predicted octanol–water partition coefficient (Wildman–Crippen LogP) is 12.2. The lowest BCUT2D eigenvalue weighted by Crippen LogP contribution is -2.16. The minimum absolute atomic E-state index is 0.0976. The molecule has 8 aromatic rings. The van der Waals surface area contributed by atoms with Crippen molar-refractivity contribution in [3.8, 4) is 27.9 Å². The number of hydrogen-bond acceptors (Lipinski definition) is 1. The number of para-hydroxylation sites is 3. The highest BCUT2D eigenvalue weighted by Crippen LogP contribution is 2.55. The molecular formula is C45H34N2. The molecule has 0 aliphatic heterocycles. The molecule has 1 aliphatic rings. The quantitative estimate of drug-likeness (QED) is 0.190. The molecule has 2 heteroatoms. The Hall–Kier alpha value is -5.86. The van der Waals surface area contributed by atoms with Crippen LogP contribution in [0, 0.1) is 0 Å². The molecule has 0 spiro atoms. The third-order valence-corrected chi connectivity index (χ3v) is 9.98. The smallest absolute Gasteiger partial charge is 0.0543 e. The summed E-state index contributed by atoms with van der Waals surface area (Å²) >= 11 is 0. The Morgan fingerprint density at radius 3 is 1.91 bits per heavy atom. The van der Waals surface area contributed by atoms with E-state index in [0.29, 0.717) is 0 Å². The molecule has 224 valence electrons. The summed E-state index contributed by atoms with van der Waals surface area (Å²) in [5, 5.41) is 2.48. The Labute approximate surface area is 275 Å². The van der Waals surface area contributed by atoms with Gasteiger partial charge in [0.05, 0.1) is 22.4 Å². The zero-order chi connectivity index (χ0) is 31.5. The SMILES string of the molecule is CC1(C)c2ccccc2-c2c(N(c3ccc4c(c3)c3ccccc3n4-c3ccccc3)c3ccccc3-c3ccccc3)cccc21. The van der Waals surface area contributed by atoms with E-state index in [9.17, 15) is 0 Å². The lowest BCUT2D eigenvalue weighted by molar-refractivity contribution is 0.660. The minimum atomic E-state index is -0.0976. The molecule has 0 saturated heterocycles. The summed E-state index contributed by atoms with van der Waals surface area (Å²) in [4.78, 5) is 2.49. The number of nitrogens with zero attached hydrogens (tertiary/aromatic N) is 2. The fourth-order valence-corrected chi connectivity index (χ4v) is 7.82. The molecule has 7 aromatic carbocycles. The molecule has 0 N–H and O–H groups in total. The highest BCUT2D eigenvalue weighted by Gasteiger charge is 2.38. The summed E-state index contributed by atoms with van der Waals surface area (Å²) in [7, 11) is 0. The summed E-state index contributed by atoms with van der Waals surface area (Å²) in [6.45, 7) is 4.71. The van der Waals surface area contributed by atoms with Gasteiger partial charge >= 0.3 is 0 Å². The topological polar surface area (TPSA) is 8.17 Å². The van der Waals surface area contributed by atoms with E-state index in [1.165, 1.54) is 60.9 Å². The molecule has 47 heavy (non-hydrogen) atoms. The normalized spacial score (nSPS) is 13.1. The van der Waals surface area contributed by atoms with Gasteiger partial charge in [0.25, 0.3) is 0 Å². The van der Waals surface area contributed by atoms with Gasteiger partial charge in [0.1, 0.15) is 0 Å². The molecule has 0 unspecified atom stereocenters. The van der Waals surface area contributed by atoms with Crippen molar-refractivity contribution < 1.29 is 0 Å². The highest BCUT2D eigenvalue weighted by molar-refractivity contribution is 6.11. The molecule has 9 rings (SSSR count). The summed E-state index contributed by atoms with van der Waals surface area (Å²) < 4.78 is 2.38. The molecule has 0 atom stereocenters. The zero-order valence-corrected chi connectivity index (χ0v) is 26.6. The van der Waals surface area contributed by atoms with Crippen LogP contribution < -0.4 is 4.90 Å². The first kappa shape index (κ1) is 27.5. The van der Waals surface area contributed by atoms with Gasteiger partial charge in [-0.3, -0.25) is 0 Å². The number of rotatable bonds is 5. The monoisotopic (exact) mass is 602 g/mol. The van der Waals surface area contributed by atoms with Crippen LogP contribution >= 0.6 is 0 Å². The first-order chi connectivity index (χ1) is 23.1. The van der Waals surface area contributed by atoms with Gasteiger partial charge in [-0.2, -0.15) is 0 Å². The van der Waals surface area contributed by atoms with E-state index >= 15 is 0 Å². The Balaban J connectivity index is 1.36. The molecule has 1 aromatic heterocycles. The number of aromatic nitrogens is 1. The van der Waals surface area contributed by atoms with Crippen LogP contribution in [0.5, 0.6) is 0 Å². The van der Waals surface area contributed by atoms with Crippen molar-refractivity contribution in [3.63, 3.8) is 0 Å². The standard InChI is InChI=1S/C45H34N2/c1-45(2)38-23-12-9-22-36(38)44-39(45)24-15-27-43(44)47(40-25-13-10-20-34(40)31-16-5-3-6-17-31)33-28-29-42-37(30-33)35-21-11-14-26-41(35)46(42)32-18-7-4-8-19-32/h3-30H,1-2H3. The number of anilines is 3. The van der Waals surface area contributed by atoms with Crippen molar-refractivity contribution in [2.24, 2.45) is 0 Å². The third-order valence-electron chi connectivity index (χ3n) is 9.98. The molecule has 0 fully saturated rings. The van der Waals surface area contributed by atoms with E-state index in [-0.39, 0.29) is 5.41 Å². The Bertz CT molecular complexity index is 2430. The van der Waals surface area contributed by atoms with Crippen LogP contribution in [-0.2, 0) is 5.41 Å². The molecule has 1 aliphatic carbocycles. The van der Waals surface area contributed by atoms with E-state index in [0.717, 1.165) is 17.1 Å². The molecule has 0 bridgehead atoms. The lowest BCUT2D eigenvalue weighted by Gasteiger charge is -2.30. The maximum atomic E-state index is 2.49. The van der Waals surface area contributed by atoms with Crippen LogP contribution in [0.1, 0.15) is 25.0 Å². The fraction of sp³-hybridized carbons (Fsp3) is 0.0667. The van der Waals surface area contributed by atoms with Gasteiger partial charge in [-0.1, -0.05) is 135 Å². The molecule has 2 nitrogen and oxygen atoms in total. The van der Waals surface area contributed by atoms with E-state index in [1.807, 2.05) is 0 Å². The van der Waals surface area contributed by atoms with E-state index in [4.69, 9.17) is 0 Å².